The van der Waals surface area contributed by atoms with Crippen LogP contribution in [0.1, 0.15) is 30.0 Å². The second-order valence-electron chi connectivity index (χ2n) is 7.22. The summed E-state index contributed by atoms with van der Waals surface area (Å²) in [7, 11) is 0. The number of fused-ring (bicyclic) bond motifs is 2. The van der Waals surface area contributed by atoms with Crippen molar-refractivity contribution in [2.75, 3.05) is 5.32 Å². The first-order valence-corrected chi connectivity index (χ1v) is 9.45. The van der Waals surface area contributed by atoms with Gasteiger partial charge in [0.15, 0.2) is 6.10 Å². The van der Waals surface area contributed by atoms with E-state index in [4.69, 9.17) is 9.15 Å². The molecule has 0 saturated carbocycles. The van der Waals surface area contributed by atoms with E-state index in [9.17, 15) is 22.8 Å². The summed E-state index contributed by atoms with van der Waals surface area (Å²) < 4.78 is 49.9. The number of halogens is 3. The van der Waals surface area contributed by atoms with Gasteiger partial charge in [0.25, 0.3) is 5.91 Å². The number of amides is 1. The fraction of sp³-hybridized carbons (Fsp3) is 0.273. The summed E-state index contributed by atoms with van der Waals surface area (Å²) in [5.41, 5.74) is 0.700. The van der Waals surface area contributed by atoms with Crippen molar-refractivity contribution in [1.82, 2.24) is 0 Å². The maximum Gasteiger partial charge on any atom is 0.417 e. The molecule has 3 aromatic rings. The highest BCUT2D eigenvalue weighted by atomic mass is 19.4. The highest BCUT2D eigenvalue weighted by Crippen LogP contribution is 2.35. The molecule has 1 N–H and O–H groups in total. The molecule has 0 aliphatic heterocycles. The van der Waals surface area contributed by atoms with E-state index in [1.54, 1.807) is 0 Å². The summed E-state index contributed by atoms with van der Waals surface area (Å²) in [4.78, 5) is 24.0. The van der Waals surface area contributed by atoms with Crippen LogP contribution in [0.4, 0.5) is 18.9 Å². The molecule has 1 aliphatic carbocycles. The molecule has 0 fully saturated rings. The van der Waals surface area contributed by atoms with Crippen molar-refractivity contribution in [1.29, 1.82) is 0 Å². The molecule has 1 atom stereocenters. The largest absolute Gasteiger partial charge is 0.481 e. The van der Waals surface area contributed by atoms with Gasteiger partial charge in [0.05, 0.1) is 5.56 Å². The molecule has 0 unspecified atom stereocenters. The minimum absolute atomic E-state index is 0.113. The molecule has 0 bridgehead atoms. The van der Waals surface area contributed by atoms with Crippen molar-refractivity contribution in [2.24, 2.45) is 0 Å². The van der Waals surface area contributed by atoms with Crippen molar-refractivity contribution in [3.05, 3.63) is 69.6 Å². The second-order valence-corrected chi connectivity index (χ2v) is 7.22. The Labute approximate surface area is 169 Å². The Morgan fingerprint density at radius 2 is 1.87 bits per heavy atom. The third kappa shape index (κ3) is 4.03. The van der Waals surface area contributed by atoms with E-state index in [0.29, 0.717) is 11.8 Å². The van der Waals surface area contributed by atoms with E-state index in [-0.39, 0.29) is 16.7 Å². The van der Waals surface area contributed by atoms with Crippen LogP contribution in [0.3, 0.4) is 0 Å². The summed E-state index contributed by atoms with van der Waals surface area (Å²) in [6.45, 7) is 1.52. The van der Waals surface area contributed by atoms with Crippen molar-refractivity contribution >= 4 is 22.6 Å². The molecule has 5 nitrogen and oxygen atoms in total. The van der Waals surface area contributed by atoms with E-state index in [0.717, 1.165) is 25.3 Å². The van der Waals surface area contributed by atoms with Crippen molar-refractivity contribution in [2.45, 2.75) is 38.5 Å². The zero-order valence-electron chi connectivity index (χ0n) is 16.0. The van der Waals surface area contributed by atoms with Crippen molar-refractivity contribution in [3.8, 4) is 5.75 Å². The van der Waals surface area contributed by atoms with Crippen molar-refractivity contribution in [3.63, 3.8) is 0 Å². The Morgan fingerprint density at radius 1 is 1.10 bits per heavy atom. The lowest BCUT2D eigenvalue weighted by Gasteiger charge is -2.16. The Kier molecular flexibility index (Phi) is 5.01. The first kappa shape index (κ1) is 20.0. The van der Waals surface area contributed by atoms with Crippen LogP contribution in [0.2, 0.25) is 0 Å². The number of nitrogens with one attached hydrogen (secondary N) is 1. The van der Waals surface area contributed by atoms with Gasteiger partial charge in [0, 0.05) is 23.2 Å². The van der Waals surface area contributed by atoms with Crippen LogP contribution in [0.15, 0.2) is 51.7 Å². The summed E-state index contributed by atoms with van der Waals surface area (Å²) in [6, 6.07) is 9.81. The first-order chi connectivity index (χ1) is 14.2. The lowest BCUT2D eigenvalue weighted by atomic mass is 10.1. The normalized spacial score (nSPS) is 14.4. The minimum atomic E-state index is -4.69. The number of alkyl halides is 3. The summed E-state index contributed by atoms with van der Waals surface area (Å²) >= 11 is 0. The first-order valence-electron chi connectivity index (χ1n) is 9.45. The molecule has 30 heavy (non-hydrogen) atoms. The predicted molar refractivity (Wildman–Crippen MR) is 105 cm³/mol. The lowest BCUT2D eigenvalue weighted by Crippen LogP contribution is -2.30. The summed E-state index contributed by atoms with van der Waals surface area (Å²) in [5.74, 6) is -0.292. The number of aryl methyl sites for hydroxylation is 2. The van der Waals surface area contributed by atoms with Gasteiger partial charge in [-0.15, -0.1) is 0 Å². The predicted octanol–water partition coefficient (Wildman–Crippen LogP) is 4.71. The fourth-order valence-corrected chi connectivity index (χ4v) is 3.60. The smallest absolute Gasteiger partial charge is 0.417 e. The van der Waals surface area contributed by atoms with E-state index < -0.39 is 29.4 Å². The Hall–Kier alpha value is -3.29. The van der Waals surface area contributed by atoms with Crippen LogP contribution in [-0.4, -0.2) is 12.0 Å². The maximum atomic E-state index is 13.1. The lowest BCUT2D eigenvalue weighted by molar-refractivity contribution is -0.136. The third-order valence-corrected chi connectivity index (χ3v) is 5.07. The number of hydrogen-bond acceptors (Lipinski definition) is 4. The molecule has 8 heteroatoms. The molecule has 2 aromatic carbocycles. The van der Waals surface area contributed by atoms with E-state index in [1.165, 1.54) is 30.2 Å². The van der Waals surface area contributed by atoms with Crippen LogP contribution in [0.5, 0.6) is 5.75 Å². The average Bonchev–Trinajstić information content (AvgIpc) is 3.14. The molecule has 156 valence electrons. The standard InChI is InChI=1S/C22H18F3NO4/c1-12(21(28)26-15-6-5-13-3-2-4-14(13)9-15)29-16-7-8-17-18(22(23,24)25)11-20(27)30-19(17)10-16/h5-12H,2-4H2,1H3,(H,26,28)/t12-/m0/s1. The Bertz CT molecular complexity index is 1180. The molecule has 0 spiro atoms. The zero-order chi connectivity index (χ0) is 21.5. The number of hydrogen-bond donors (Lipinski definition) is 1. The molecule has 1 amide bonds. The van der Waals surface area contributed by atoms with Crippen LogP contribution in [-0.2, 0) is 23.8 Å². The monoisotopic (exact) mass is 417 g/mol. The molecule has 4 rings (SSSR count). The zero-order valence-corrected chi connectivity index (χ0v) is 16.0. The molecule has 1 aliphatic rings. The molecular formula is C22H18F3NO4. The van der Waals surface area contributed by atoms with Crippen LogP contribution in [0.25, 0.3) is 11.0 Å². The quantitative estimate of drug-likeness (QED) is 0.625. The van der Waals surface area contributed by atoms with Gasteiger partial charge in [-0.3, -0.25) is 4.79 Å². The molecule has 0 saturated heterocycles. The van der Waals surface area contributed by atoms with Crippen LogP contribution in [0, 0.1) is 0 Å². The second kappa shape index (κ2) is 7.51. The highest BCUT2D eigenvalue weighted by Gasteiger charge is 2.34. The molecular weight excluding hydrogens is 399 g/mol. The van der Waals surface area contributed by atoms with E-state index in [1.807, 2.05) is 18.2 Å². The number of carbonyl (C=O) groups excluding carboxylic acids is 1. The summed E-state index contributed by atoms with van der Waals surface area (Å²) in [6.07, 6.45) is -2.50. The Morgan fingerprint density at radius 3 is 2.63 bits per heavy atom. The number of ether oxygens (including phenoxy) is 1. The highest BCUT2D eigenvalue weighted by molar-refractivity contribution is 5.94. The molecule has 0 radical (unpaired) electrons. The number of rotatable bonds is 4. The van der Waals surface area contributed by atoms with Gasteiger partial charge in [-0.2, -0.15) is 13.2 Å². The summed E-state index contributed by atoms with van der Waals surface area (Å²) in [5, 5.41) is 2.52. The third-order valence-electron chi connectivity index (χ3n) is 5.07. The van der Waals surface area contributed by atoms with Gasteiger partial charge in [0.1, 0.15) is 11.3 Å². The van der Waals surface area contributed by atoms with E-state index >= 15 is 0 Å². The van der Waals surface area contributed by atoms with Gasteiger partial charge < -0.3 is 14.5 Å². The maximum absolute atomic E-state index is 13.1. The fourth-order valence-electron chi connectivity index (χ4n) is 3.60. The molecule has 1 aromatic heterocycles. The number of carbonyl (C=O) groups is 1. The number of benzene rings is 2. The topological polar surface area (TPSA) is 68.5 Å². The minimum Gasteiger partial charge on any atom is -0.481 e. The van der Waals surface area contributed by atoms with Gasteiger partial charge in [0.2, 0.25) is 0 Å². The Balaban J connectivity index is 1.52. The van der Waals surface area contributed by atoms with Gasteiger partial charge in [-0.05, 0) is 61.6 Å². The van der Waals surface area contributed by atoms with Gasteiger partial charge in [-0.25, -0.2) is 4.79 Å². The average molecular weight is 417 g/mol. The number of anilines is 1. The van der Waals surface area contributed by atoms with Crippen LogP contribution >= 0.6 is 0 Å². The van der Waals surface area contributed by atoms with Crippen LogP contribution < -0.4 is 15.7 Å². The van der Waals surface area contributed by atoms with E-state index in [2.05, 4.69) is 5.32 Å². The van der Waals surface area contributed by atoms with Crippen molar-refractivity contribution < 1.29 is 27.1 Å². The van der Waals surface area contributed by atoms with Gasteiger partial charge >= 0.3 is 11.8 Å². The van der Waals surface area contributed by atoms with Gasteiger partial charge in [-0.1, -0.05) is 6.07 Å². The molecule has 1 heterocycles. The SMILES string of the molecule is C[C@H](Oc1ccc2c(C(F)(F)F)cc(=O)oc2c1)C(=O)Nc1ccc2c(c1)CCC2.